The summed E-state index contributed by atoms with van der Waals surface area (Å²) >= 11 is 0. The number of ether oxygens (including phenoxy) is 2. The second-order valence-electron chi connectivity index (χ2n) is 9.81. The Morgan fingerprint density at radius 1 is 1.11 bits per heavy atom. The van der Waals surface area contributed by atoms with Gasteiger partial charge < -0.3 is 14.8 Å². The lowest BCUT2D eigenvalue weighted by Gasteiger charge is -2.55. The van der Waals surface area contributed by atoms with Crippen LogP contribution in [0.4, 0.5) is 0 Å². The number of amides is 1. The number of hydrogen-bond donors (Lipinski definition) is 1. The van der Waals surface area contributed by atoms with Gasteiger partial charge in [-0.1, -0.05) is 36.4 Å². The zero-order chi connectivity index (χ0) is 25.7. The molecule has 4 unspecified atom stereocenters. The van der Waals surface area contributed by atoms with Crippen LogP contribution in [-0.4, -0.2) is 54.5 Å². The van der Waals surface area contributed by atoms with Crippen LogP contribution in [0.2, 0.25) is 0 Å². The molecule has 190 valence electrons. The lowest BCUT2D eigenvalue weighted by atomic mass is 9.57. The third kappa shape index (κ3) is 5.68. The predicted molar refractivity (Wildman–Crippen MR) is 137 cm³/mol. The van der Waals surface area contributed by atoms with Crippen LogP contribution in [0.25, 0.3) is 0 Å². The number of carbonyl (C=O) groups is 3. The molecule has 2 aromatic rings. The largest absolute Gasteiger partial charge is 0.462 e. The smallest absolute Gasteiger partial charge is 0.308 e. The molecule has 36 heavy (non-hydrogen) atoms. The molecule has 4 rings (SSSR count). The van der Waals surface area contributed by atoms with E-state index in [1.807, 2.05) is 36.4 Å². The Hall–Kier alpha value is -3.45. The number of nitrogens with zero attached hydrogens (tertiary/aromatic N) is 1. The van der Waals surface area contributed by atoms with Crippen molar-refractivity contribution in [1.82, 2.24) is 10.2 Å². The molecule has 1 aliphatic carbocycles. The summed E-state index contributed by atoms with van der Waals surface area (Å²) < 4.78 is 11.3. The van der Waals surface area contributed by atoms with Gasteiger partial charge in [0.05, 0.1) is 0 Å². The Morgan fingerprint density at radius 3 is 2.58 bits per heavy atom. The number of hydrogen-bond acceptors (Lipinski definition) is 6. The summed E-state index contributed by atoms with van der Waals surface area (Å²) in [6.45, 7) is 9.03. The number of rotatable bonds is 7. The van der Waals surface area contributed by atoms with Gasteiger partial charge in [0.15, 0.2) is 0 Å². The zero-order valence-corrected chi connectivity index (χ0v) is 20.9. The summed E-state index contributed by atoms with van der Waals surface area (Å²) in [5.74, 6) is -0.364. The number of fused-ring (bicyclic) bond motifs is 1. The maximum absolute atomic E-state index is 13.1. The number of piperidine rings is 1. The molecular formula is C29H34N2O5. The van der Waals surface area contributed by atoms with Gasteiger partial charge in [0.25, 0.3) is 5.91 Å². The first kappa shape index (κ1) is 25.6. The first-order valence-electron chi connectivity index (χ1n) is 12.5. The van der Waals surface area contributed by atoms with Crippen LogP contribution in [0.15, 0.2) is 67.3 Å². The van der Waals surface area contributed by atoms with Crippen LogP contribution in [0.3, 0.4) is 0 Å². The van der Waals surface area contributed by atoms with Crippen molar-refractivity contribution >= 4 is 17.8 Å². The first-order chi connectivity index (χ1) is 17.3. The van der Waals surface area contributed by atoms with E-state index in [2.05, 4.69) is 22.9 Å². The third-order valence-electron chi connectivity index (χ3n) is 7.36. The lowest BCUT2D eigenvalue weighted by Crippen LogP contribution is -2.61. The fraction of sp³-hybridized carbons (Fsp3) is 0.414. The minimum absolute atomic E-state index is 0.00700. The monoisotopic (exact) mass is 490 g/mol. The van der Waals surface area contributed by atoms with Crippen LogP contribution in [-0.2, 0) is 19.7 Å². The summed E-state index contributed by atoms with van der Waals surface area (Å²) in [6, 6.07) is 16.6. The normalized spacial score (nSPS) is 25.8. The molecule has 1 amide bonds. The van der Waals surface area contributed by atoms with E-state index < -0.39 is 0 Å². The highest BCUT2D eigenvalue weighted by atomic mass is 16.5. The minimum Gasteiger partial charge on any atom is -0.462 e. The number of nitrogens with one attached hydrogen (secondary N) is 1. The molecule has 7 heteroatoms. The predicted octanol–water partition coefficient (Wildman–Crippen LogP) is 3.88. The van der Waals surface area contributed by atoms with Crippen molar-refractivity contribution < 1.29 is 23.9 Å². The summed E-state index contributed by atoms with van der Waals surface area (Å²) in [7, 11) is 0. The number of esters is 2. The topological polar surface area (TPSA) is 84.9 Å². The number of benzene rings is 2. The fourth-order valence-corrected chi connectivity index (χ4v) is 5.95. The van der Waals surface area contributed by atoms with Crippen molar-refractivity contribution in [2.45, 2.75) is 50.7 Å². The molecule has 0 radical (unpaired) electrons. The average molecular weight is 491 g/mol. The summed E-state index contributed by atoms with van der Waals surface area (Å²) in [5.41, 5.74) is 1.25. The van der Waals surface area contributed by atoms with Gasteiger partial charge >= 0.3 is 11.9 Å². The first-order valence-corrected chi connectivity index (χ1v) is 12.5. The van der Waals surface area contributed by atoms with Gasteiger partial charge in [-0.05, 0) is 49.2 Å². The Balaban J connectivity index is 1.72. The Kier molecular flexibility index (Phi) is 7.89. The highest BCUT2D eigenvalue weighted by Gasteiger charge is 2.53. The third-order valence-corrected chi connectivity index (χ3v) is 7.36. The van der Waals surface area contributed by atoms with Gasteiger partial charge in [-0.2, -0.15) is 0 Å². The molecule has 7 nitrogen and oxygen atoms in total. The highest BCUT2D eigenvalue weighted by Crippen LogP contribution is 2.50. The SMILES string of the molecule is C=CCN1CCC2(c3cccc(OC(C)=O)c3)CC(NC(=O)c3ccccc3)CC(OC(C)=O)C2C1. The van der Waals surface area contributed by atoms with Crippen LogP contribution in [0.1, 0.15) is 49.0 Å². The van der Waals surface area contributed by atoms with Gasteiger partial charge in [0.2, 0.25) is 0 Å². The molecule has 1 heterocycles. The van der Waals surface area contributed by atoms with E-state index in [9.17, 15) is 14.4 Å². The Bertz CT molecular complexity index is 1120. The number of likely N-dealkylation sites (tertiary alicyclic amines) is 1. The second-order valence-corrected chi connectivity index (χ2v) is 9.81. The standard InChI is InChI=1S/C29H34N2O5/c1-4-14-31-15-13-29(23-11-8-12-25(16-23)35-20(2)32)18-24(17-27(26(29)19-31)36-21(3)33)30-28(34)22-9-6-5-7-10-22/h4-12,16,24,26-27H,1,13-15,17-19H2,2-3H3,(H,30,34). The lowest BCUT2D eigenvalue weighted by molar-refractivity contribution is -0.157. The van der Waals surface area contributed by atoms with Gasteiger partial charge in [-0.25, -0.2) is 0 Å². The molecule has 2 fully saturated rings. The molecule has 0 spiro atoms. The van der Waals surface area contributed by atoms with Crippen molar-refractivity contribution in [3.05, 3.63) is 78.4 Å². The highest BCUT2D eigenvalue weighted by molar-refractivity contribution is 5.94. The van der Waals surface area contributed by atoms with Gasteiger partial charge in [-0.15, -0.1) is 6.58 Å². The maximum atomic E-state index is 13.1. The molecule has 1 aliphatic heterocycles. The van der Waals surface area contributed by atoms with Crippen molar-refractivity contribution in [3.63, 3.8) is 0 Å². The molecule has 1 N–H and O–H groups in total. The number of carbonyl (C=O) groups excluding carboxylic acids is 3. The fourth-order valence-electron chi connectivity index (χ4n) is 5.95. The average Bonchev–Trinajstić information content (AvgIpc) is 2.84. The van der Waals surface area contributed by atoms with E-state index >= 15 is 0 Å². The molecular weight excluding hydrogens is 456 g/mol. The van der Waals surface area contributed by atoms with E-state index in [0.29, 0.717) is 24.2 Å². The second kappa shape index (κ2) is 11.1. The molecule has 2 aromatic carbocycles. The molecule has 0 aromatic heterocycles. The summed E-state index contributed by atoms with van der Waals surface area (Å²) in [4.78, 5) is 39.2. The van der Waals surface area contributed by atoms with Crippen LogP contribution >= 0.6 is 0 Å². The van der Waals surface area contributed by atoms with Crippen LogP contribution in [0.5, 0.6) is 5.75 Å². The molecule has 1 saturated heterocycles. The molecule has 2 aliphatic rings. The molecule has 0 bridgehead atoms. The van der Waals surface area contributed by atoms with Crippen molar-refractivity contribution in [3.8, 4) is 5.75 Å². The van der Waals surface area contributed by atoms with E-state index in [4.69, 9.17) is 9.47 Å². The van der Waals surface area contributed by atoms with Gasteiger partial charge in [0, 0.05) is 56.3 Å². The van der Waals surface area contributed by atoms with Crippen molar-refractivity contribution in [1.29, 1.82) is 0 Å². The van der Waals surface area contributed by atoms with E-state index in [1.54, 1.807) is 18.2 Å². The van der Waals surface area contributed by atoms with Crippen LogP contribution in [0, 0.1) is 5.92 Å². The van der Waals surface area contributed by atoms with E-state index in [1.165, 1.54) is 13.8 Å². The van der Waals surface area contributed by atoms with Crippen molar-refractivity contribution in [2.75, 3.05) is 19.6 Å². The Labute approximate surface area is 212 Å². The van der Waals surface area contributed by atoms with Crippen LogP contribution < -0.4 is 10.1 Å². The van der Waals surface area contributed by atoms with Gasteiger partial charge in [-0.3, -0.25) is 19.3 Å². The quantitative estimate of drug-likeness (QED) is 0.360. The molecule has 4 atom stereocenters. The van der Waals surface area contributed by atoms with E-state index in [0.717, 1.165) is 31.6 Å². The van der Waals surface area contributed by atoms with E-state index in [-0.39, 0.29) is 41.3 Å². The van der Waals surface area contributed by atoms with Gasteiger partial charge in [0.1, 0.15) is 11.9 Å². The zero-order valence-electron chi connectivity index (χ0n) is 20.9. The molecule has 1 saturated carbocycles. The summed E-state index contributed by atoms with van der Waals surface area (Å²) in [6.07, 6.45) is 3.56. The maximum Gasteiger partial charge on any atom is 0.308 e. The minimum atomic E-state index is -0.378. The summed E-state index contributed by atoms with van der Waals surface area (Å²) in [5, 5.41) is 3.20. The van der Waals surface area contributed by atoms with Crippen molar-refractivity contribution in [2.24, 2.45) is 5.92 Å². The Morgan fingerprint density at radius 2 is 1.89 bits per heavy atom.